The number of carbonyl (C=O) groups excluding carboxylic acids is 1. The molecule has 1 aliphatic heterocycles. The van der Waals surface area contributed by atoms with Crippen molar-refractivity contribution in [1.82, 2.24) is 24.4 Å². The van der Waals surface area contributed by atoms with Crippen LogP contribution in [0.3, 0.4) is 0 Å². The first kappa shape index (κ1) is 17.6. The molecule has 1 atom stereocenters. The summed E-state index contributed by atoms with van der Waals surface area (Å²) in [6.07, 6.45) is 5.99. The average Bonchev–Trinajstić information content (AvgIpc) is 3.14. The van der Waals surface area contributed by atoms with Crippen LogP contribution in [0.5, 0.6) is 0 Å². The topological polar surface area (TPSA) is 97.2 Å². The second kappa shape index (κ2) is 7.32. The minimum atomic E-state index is -3.21. The van der Waals surface area contributed by atoms with Gasteiger partial charge in [0, 0.05) is 25.2 Å². The fourth-order valence-electron chi connectivity index (χ4n) is 2.97. The van der Waals surface area contributed by atoms with Gasteiger partial charge < -0.3 is 4.90 Å². The molecule has 0 bridgehead atoms. The number of piperidine rings is 1. The highest BCUT2D eigenvalue weighted by Crippen LogP contribution is 2.19. The van der Waals surface area contributed by atoms with Gasteiger partial charge in [-0.15, -0.1) is 0 Å². The third kappa shape index (κ3) is 4.64. The zero-order valence-corrected chi connectivity index (χ0v) is 14.8. The number of nitrogens with zero attached hydrogens (tertiary/aromatic N) is 4. The minimum absolute atomic E-state index is 0.0332. The molecule has 25 heavy (non-hydrogen) atoms. The van der Waals surface area contributed by atoms with Gasteiger partial charge in [-0.1, -0.05) is 0 Å². The Morgan fingerprint density at radius 1 is 1.32 bits per heavy atom. The number of benzene rings is 1. The lowest BCUT2D eigenvalue weighted by Crippen LogP contribution is -2.43. The van der Waals surface area contributed by atoms with Crippen molar-refractivity contribution in [2.45, 2.75) is 12.8 Å². The molecule has 1 fully saturated rings. The molecular weight excluding hydrogens is 342 g/mol. The van der Waals surface area contributed by atoms with E-state index < -0.39 is 10.0 Å². The number of nitrogens with one attached hydrogen (secondary N) is 1. The summed E-state index contributed by atoms with van der Waals surface area (Å²) in [4.78, 5) is 18.4. The smallest absolute Gasteiger partial charge is 0.253 e. The maximum atomic E-state index is 12.7. The second-order valence-corrected chi connectivity index (χ2v) is 8.10. The van der Waals surface area contributed by atoms with Gasteiger partial charge in [-0.05, 0) is 43.0 Å². The number of carbonyl (C=O) groups is 1. The highest BCUT2D eigenvalue weighted by molar-refractivity contribution is 7.88. The predicted octanol–water partition coefficient (Wildman–Crippen LogP) is 0.669. The molecule has 134 valence electrons. The molecule has 1 aliphatic rings. The van der Waals surface area contributed by atoms with Crippen LogP contribution in [-0.4, -0.2) is 59.9 Å². The summed E-state index contributed by atoms with van der Waals surface area (Å²) in [6.45, 7) is 1.62. The average molecular weight is 363 g/mol. The minimum Gasteiger partial charge on any atom is -0.338 e. The maximum Gasteiger partial charge on any atom is 0.253 e. The molecule has 0 saturated carbocycles. The second-order valence-electron chi connectivity index (χ2n) is 6.27. The quantitative estimate of drug-likeness (QED) is 0.842. The van der Waals surface area contributed by atoms with Crippen LogP contribution in [0.25, 0.3) is 5.69 Å². The lowest BCUT2D eigenvalue weighted by atomic mass is 9.97. The fraction of sp³-hybridized carbons (Fsp3) is 0.438. The third-order valence-corrected chi connectivity index (χ3v) is 4.93. The van der Waals surface area contributed by atoms with Crippen molar-refractivity contribution in [3.8, 4) is 5.69 Å². The third-order valence-electron chi connectivity index (χ3n) is 4.24. The molecule has 2 aromatic rings. The standard InChI is InChI=1S/C16H21N5O3S/c1-25(23,24)19-9-13-3-2-8-20(10-13)16(22)14-4-6-15(7-5-14)21-12-17-11-18-21/h4-7,11-13,19H,2-3,8-10H2,1H3/t13-/m1/s1. The van der Waals surface area contributed by atoms with E-state index in [9.17, 15) is 13.2 Å². The van der Waals surface area contributed by atoms with Crippen LogP contribution < -0.4 is 4.72 Å². The lowest BCUT2D eigenvalue weighted by Gasteiger charge is -2.32. The SMILES string of the molecule is CS(=O)(=O)NC[C@H]1CCCN(C(=O)c2ccc(-n3cncn3)cc2)C1. The number of amides is 1. The van der Waals surface area contributed by atoms with Gasteiger partial charge in [0.1, 0.15) is 12.7 Å². The van der Waals surface area contributed by atoms with Gasteiger partial charge in [-0.2, -0.15) is 5.10 Å². The molecule has 0 unspecified atom stereocenters. The molecule has 3 rings (SSSR count). The van der Waals surface area contributed by atoms with Crippen LogP contribution in [0.1, 0.15) is 23.2 Å². The van der Waals surface area contributed by atoms with E-state index in [1.54, 1.807) is 28.0 Å². The van der Waals surface area contributed by atoms with Crippen molar-refractivity contribution >= 4 is 15.9 Å². The van der Waals surface area contributed by atoms with E-state index in [4.69, 9.17) is 0 Å². The van der Waals surface area contributed by atoms with Crippen molar-refractivity contribution in [2.75, 3.05) is 25.9 Å². The molecule has 0 spiro atoms. The lowest BCUT2D eigenvalue weighted by molar-refractivity contribution is 0.0676. The van der Waals surface area contributed by atoms with E-state index in [0.29, 0.717) is 25.2 Å². The van der Waals surface area contributed by atoms with E-state index >= 15 is 0 Å². The van der Waals surface area contributed by atoms with Gasteiger partial charge in [0.15, 0.2) is 0 Å². The van der Waals surface area contributed by atoms with Crippen molar-refractivity contribution < 1.29 is 13.2 Å². The monoisotopic (exact) mass is 363 g/mol. The summed E-state index contributed by atoms with van der Waals surface area (Å²) in [5.74, 6) is 0.107. The van der Waals surface area contributed by atoms with E-state index in [-0.39, 0.29) is 11.8 Å². The summed E-state index contributed by atoms with van der Waals surface area (Å²) in [5.41, 5.74) is 1.45. The van der Waals surface area contributed by atoms with E-state index in [1.807, 2.05) is 12.1 Å². The summed E-state index contributed by atoms with van der Waals surface area (Å²) < 4.78 is 26.6. The van der Waals surface area contributed by atoms with Crippen molar-refractivity contribution in [2.24, 2.45) is 5.92 Å². The molecule has 8 nitrogen and oxygen atoms in total. The predicted molar refractivity (Wildman–Crippen MR) is 92.8 cm³/mol. The largest absolute Gasteiger partial charge is 0.338 e. The van der Waals surface area contributed by atoms with E-state index in [0.717, 1.165) is 24.8 Å². The van der Waals surface area contributed by atoms with Gasteiger partial charge in [-0.3, -0.25) is 4.79 Å². The first-order valence-corrected chi connectivity index (χ1v) is 10.0. The zero-order valence-electron chi connectivity index (χ0n) is 14.0. The molecule has 1 saturated heterocycles. The first-order chi connectivity index (χ1) is 11.9. The summed E-state index contributed by atoms with van der Waals surface area (Å²) in [5, 5.41) is 4.06. The Balaban J connectivity index is 1.64. The number of rotatable bonds is 5. The summed E-state index contributed by atoms with van der Waals surface area (Å²) in [6, 6.07) is 7.21. The van der Waals surface area contributed by atoms with Gasteiger partial charge in [-0.25, -0.2) is 22.8 Å². The molecule has 0 radical (unpaired) electrons. The zero-order chi connectivity index (χ0) is 17.9. The highest BCUT2D eigenvalue weighted by Gasteiger charge is 2.25. The number of sulfonamides is 1. The fourth-order valence-corrected chi connectivity index (χ4v) is 3.50. The molecule has 1 aromatic heterocycles. The molecule has 1 N–H and O–H groups in total. The molecule has 0 aliphatic carbocycles. The number of hydrogen-bond donors (Lipinski definition) is 1. The Morgan fingerprint density at radius 2 is 2.08 bits per heavy atom. The van der Waals surface area contributed by atoms with E-state index in [1.165, 1.54) is 6.33 Å². The van der Waals surface area contributed by atoms with Crippen LogP contribution in [0.15, 0.2) is 36.9 Å². The van der Waals surface area contributed by atoms with Crippen LogP contribution in [0.4, 0.5) is 0 Å². The van der Waals surface area contributed by atoms with Crippen LogP contribution in [-0.2, 0) is 10.0 Å². The Bertz CT molecular complexity index is 818. The van der Waals surface area contributed by atoms with Crippen LogP contribution in [0.2, 0.25) is 0 Å². The van der Waals surface area contributed by atoms with Gasteiger partial charge in [0.2, 0.25) is 10.0 Å². The number of hydrogen-bond acceptors (Lipinski definition) is 5. The summed E-state index contributed by atoms with van der Waals surface area (Å²) >= 11 is 0. The van der Waals surface area contributed by atoms with Gasteiger partial charge >= 0.3 is 0 Å². The maximum absolute atomic E-state index is 12.7. The van der Waals surface area contributed by atoms with Gasteiger partial charge in [0.25, 0.3) is 5.91 Å². The van der Waals surface area contributed by atoms with Crippen LogP contribution in [0, 0.1) is 5.92 Å². The Hall–Kier alpha value is -2.26. The van der Waals surface area contributed by atoms with Crippen molar-refractivity contribution in [3.63, 3.8) is 0 Å². The Labute approximate surface area is 146 Å². The van der Waals surface area contributed by atoms with Crippen LogP contribution >= 0.6 is 0 Å². The first-order valence-electron chi connectivity index (χ1n) is 8.11. The molecule has 2 heterocycles. The molecule has 9 heteroatoms. The van der Waals surface area contributed by atoms with Crippen molar-refractivity contribution in [3.05, 3.63) is 42.5 Å². The van der Waals surface area contributed by atoms with Gasteiger partial charge in [0.05, 0.1) is 11.9 Å². The number of likely N-dealkylation sites (tertiary alicyclic amines) is 1. The highest BCUT2D eigenvalue weighted by atomic mass is 32.2. The Morgan fingerprint density at radius 3 is 2.72 bits per heavy atom. The number of aromatic nitrogens is 3. The molecule has 1 amide bonds. The molecule has 1 aromatic carbocycles. The Kier molecular flexibility index (Phi) is 5.14. The summed E-state index contributed by atoms with van der Waals surface area (Å²) in [7, 11) is -3.21. The van der Waals surface area contributed by atoms with E-state index in [2.05, 4.69) is 14.8 Å². The molecular formula is C16H21N5O3S. The normalized spacial score (nSPS) is 18.3. The van der Waals surface area contributed by atoms with Crippen molar-refractivity contribution in [1.29, 1.82) is 0 Å².